The minimum absolute atomic E-state index is 0.609. The first kappa shape index (κ1) is 11.6. The van der Waals surface area contributed by atoms with Gasteiger partial charge in [0.1, 0.15) is 6.10 Å². The van der Waals surface area contributed by atoms with Gasteiger partial charge in [-0.15, -0.1) is 11.3 Å². The highest BCUT2D eigenvalue weighted by atomic mass is 35.5. The Bertz CT molecular complexity index is 509. The smallest absolute Gasteiger partial charge is 0.116 e. The molecule has 2 heterocycles. The quantitative estimate of drug-likeness (QED) is 0.889. The fraction of sp³-hybridized carbons (Fsp3) is 0.250. The highest BCUT2D eigenvalue weighted by Crippen LogP contribution is 2.33. The SMILES string of the molecule is Cc1ccc(C(O)c2sccc2Cl)c(C)n1. The van der Waals surface area contributed by atoms with Gasteiger partial charge >= 0.3 is 0 Å². The number of aryl methyl sites for hydroxylation is 2. The number of rotatable bonds is 2. The lowest BCUT2D eigenvalue weighted by Gasteiger charge is -2.12. The Hall–Kier alpha value is -0.900. The molecule has 2 aromatic rings. The summed E-state index contributed by atoms with van der Waals surface area (Å²) in [7, 11) is 0. The van der Waals surface area contributed by atoms with Gasteiger partial charge in [-0.25, -0.2) is 0 Å². The molecule has 4 heteroatoms. The maximum atomic E-state index is 10.2. The van der Waals surface area contributed by atoms with Gasteiger partial charge in [0.15, 0.2) is 0 Å². The lowest BCUT2D eigenvalue weighted by atomic mass is 10.1. The third-order valence-corrected chi connectivity index (χ3v) is 3.86. The van der Waals surface area contributed by atoms with Gasteiger partial charge in [-0.05, 0) is 31.4 Å². The van der Waals surface area contributed by atoms with Crippen molar-refractivity contribution in [3.8, 4) is 0 Å². The summed E-state index contributed by atoms with van der Waals surface area (Å²) in [4.78, 5) is 5.11. The van der Waals surface area contributed by atoms with Crippen LogP contribution < -0.4 is 0 Å². The van der Waals surface area contributed by atoms with Gasteiger partial charge in [-0.1, -0.05) is 17.7 Å². The minimum atomic E-state index is -0.680. The molecule has 0 aromatic carbocycles. The molecule has 2 nitrogen and oxygen atoms in total. The number of thiophene rings is 1. The van der Waals surface area contributed by atoms with Crippen molar-refractivity contribution in [2.24, 2.45) is 0 Å². The first-order valence-corrected chi connectivity index (χ1v) is 6.20. The zero-order chi connectivity index (χ0) is 11.7. The van der Waals surface area contributed by atoms with E-state index < -0.39 is 6.10 Å². The lowest BCUT2D eigenvalue weighted by molar-refractivity contribution is 0.223. The van der Waals surface area contributed by atoms with Crippen molar-refractivity contribution in [1.29, 1.82) is 0 Å². The maximum Gasteiger partial charge on any atom is 0.116 e. The number of halogens is 1. The molecule has 16 heavy (non-hydrogen) atoms. The minimum Gasteiger partial charge on any atom is -0.383 e. The molecular weight excluding hydrogens is 242 g/mol. The number of aromatic nitrogens is 1. The van der Waals surface area contributed by atoms with Gasteiger partial charge in [-0.3, -0.25) is 4.98 Å². The molecule has 2 aromatic heterocycles. The molecule has 1 N–H and O–H groups in total. The van der Waals surface area contributed by atoms with Crippen molar-refractivity contribution in [3.05, 3.63) is 50.4 Å². The third kappa shape index (κ3) is 2.12. The van der Waals surface area contributed by atoms with Gasteiger partial charge in [0.05, 0.1) is 9.90 Å². The number of pyridine rings is 1. The van der Waals surface area contributed by atoms with Crippen molar-refractivity contribution in [2.75, 3.05) is 0 Å². The second-order valence-corrected chi connectivity index (χ2v) is 5.02. The third-order valence-electron chi connectivity index (χ3n) is 2.45. The van der Waals surface area contributed by atoms with E-state index in [-0.39, 0.29) is 0 Å². The zero-order valence-electron chi connectivity index (χ0n) is 9.07. The number of nitrogens with zero attached hydrogens (tertiary/aromatic N) is 1. The Morgan fingerprint density at radius 2 is 2.06 bits per heavy atom. The second-order valence-electron chi connectivity index (χ2n) is 3.66. The van der Waals surface area contributed by atoms with Crippen LogP contribution in [-0.4, -0.2) is 10.1 Å². The molecule has 2 rings (SSSR count). The van der Waals surface area contributed by atoms with Gasteiger partial charge in [-0.2, -0.15) is 0 Å². The van der Waals surface area contributed by atoms with E-state index in [0.717, 1.165) is 21.8 Å². The monoisotopic (exact) mass is 253 g/mol. The van der Waals surface area contributed by atoms with Gasteiger partial charge in [0, 0.05) is 17.0 Å². The van der Waals surface area contributed by atoms with Crippen LogP contribution >= 0.6 is 22.9 Å². The number of hydrogen-bond donors (Lipinski definition) is 1. The molecule has 0 spiro atoms. The molecule has 0 aliphatic carbocycles. The highest BCUT2D eigenvalue weighted by molar-refractivity contribution is 7.10. The molecule has 1 unspecified atom stereocenters. The van der Waals surface area contributed by atoms with Crippen molar-refractivity contribution < 1.29 is 5.11 Å². The average molecular weight is 254 g/mol. The summed E-state index contributed by atoms with van der Waals surface area (Å²) in [5.74, 6) is 0. The molecule has 0 bridgehead atoms. The van der Waals surface area contributed by atoms with Crippen LogP contribution in [0.25, 0.3) is 0 Å². The molecule has 1 atom stereocenters. The first-order valence-electron chi connectivity index (χ1n) is 4.94. The van der Waals surface area contributed by atoms with Crippen LogP contribution in [0.1, 0.15) is 27.9 Å². The molecule has 0 amide bonds. The van der Waals surface area contributed by atoms with E-state index in [2.05, 4.69) is 4.98 Å². The molecule has 84 valence electrons. The van der Waals surface area contributed by atoms with E-state index >= 15 is 0 Å². The standard InChI is InChI=1S/C12H12ClNOS/c1-7-3-4-9(8(2)14-7)11(15)12-10(13)5-6-16-12/h3-6,11,15H,1-2H3. The van der Waals surface area contributed by atoms with E-state index in [9.17, 15) is 5.11 Å². The van der Waals surface area contributed by atoms with E-state index in [0.29, 0.717) is 5.02 Å². The topological polar surface area (TPSA) is 33.1 Å². The molecule has 0 fully saturated rings. The van der Waals surface area contributed by atoms with Crippen LogP contribution in [0.15, 0.2) is 23.6 Å². The molecule has 0 aliphatic rings. The van der Waals surface area contributed by atoms with E-state index in [4.69, 9.17) is 11.6 Å². The predicted octanol–water partition coefficient (Wildman–Crippen LogP) is 3.50. The number of aliphatic hydroxyl groups is 1. The van der Waals surface area contributed by atoms with E-state index in [1.165, 1.54) is 11.3 Å². The molecule has 0 radical (unpaired) electrons. The Balaban J connectivity index is 2.41. The zero-order valence-corrected chi connectivity index (χ0v) is 10.6. The number of aliphatic hydroxyl groups excluding tert-OH is 1. The van der Waals surface area contributed by atoms with Crippen LogP contribution in [-0.2, 0) is 0 Å². The van der Waals surface area contributed by atoms with Crippen LogP contribution in [0, 0.1) is 13.8 Å². The highest BCUT2D eigenvalue weighted by Gasteiger charge is 2.17. The summed E-state index contributed by atoms with van der Waals surface area (Å²) in [6.07, 6.45) is -0.680. The summed E-state index contributed by atoms with van der Waals surface area (Å²) in [6.45, 7) is 3.83. The number of hydrogen-bond acceptors (Lipinski definition) is 3. The Morgan fingerprint density at radius 1 is 1.31 bits per heavy atom. The van der Waals surface area contributed by atoms with Gasteiger partial charge in [0.2, 0.25) is 0 Å². The van der Waals surface area contributed by atoms with E-state index in [1.807, 2.05) is 31.4 Å². The molecular formula is C12H12ClNOS. The lowest BCUT2D eigenvalue weighted by Crippen LogP contribution is -2.02. The summed E-state index contributed by atoms with van der Waals surface area (Å²) >= 11 is 7.45. The summed E-state index contributed by atoms with van der Waals surface area (Å²) in [5, 5.41) is 12.7. The summed E-state index contributed by atoms with van der Waals surface area (Å²) in [5.41, 5.74) is 2.61. The van der Waals surface area contributed by atoms with Crippen LogP contribution in [0.3, 0.4) is 0 Å². The molecule has 0 aliphatic heterocycles. The molecule has 0 saturated heterocycles. The predicted molar refractivity (Wildman–Crippen MR) is 67.1 cm³/mol. The van der Waals surface area contributed by atoms with Gasteiger partial charge < -0.3 is 5.11 Å². The largest absolute Gasteiger partial charge is 0.383 e. The van der Waals surface area contributed by atoms with Crippen LogP contribution in [0.2, 0.25) is 5.02 Å². The summed E-state index contributed by atoms with van der Waals surface area (Å²) in [6, 6.07) is 5.59. The van der Waals surface area contributed by atoms with Crippen LogP contribution in [0.4, 0.5) is 0 Å². The first-order chi connectivity index (χ1) is 7.59. The molecule has 0 saturated carbocycles. The fourth-order valence-corrected chi connectivity index (χ4v) is 2.79. The second kappa shape index (κ2) is 4.53. The average Bonchev–Trinajstić information content (AvgIpc) is 2.63. The Labute approximate surface area is 104 Å². The van der Waals surface area contributed by atoms with Crippen molar-refractivity contribution in [3.63, 3.8) is 0 Å². The maximum absolute atomic E-state index is 10.2. The normalized spacial score (nSPS) is 12.8. The summed E-state index contributed by atoms with van der Waals surface area (Å²) < 4.78 is 0. The van der Waals surface area contributed by atoms with Gasteiger partial charge in [0.25, 0.3) is 0 Å². The van der Waals surface area contributed by atoms with E-state index in [1.54, 1.807) is 6.07 Å². The Kier molecular flexibility index (Phi) is 3.28. The van der Waals surface area contributed by atoms with Crippen molar-refractivity contribution in [1.82, 2.24) is 4.98 Å². The van der Waals surface area contributed by atoms with Crippen molar-refractivity contribution in [2.45, 2.75) is 20.0 Å². The fourth-order valence-electron chi connectivity index (χ4n) is 1.63. The Morgan fingerprint density at radius 3 is 2.62 bits per heavy atom. The van der Waals surface area contributed by atoms with Crippen LogP contribution in [0.5, 0.6) is 0 Å². The van der Waals surface area contributed by atoms with Crippen molar-refractivity contribution >= 4 is 22.9 Å².